The fourth-order valence-electron chi connectivity index (χ4n) is 1.56. The molecule has 0 aliphatic heterocycles. The Morgan fingerprint density at radius 1 is 1.47 bits per heavy atom. The molecule has 0 radical (unpaired) electrons. The van der Waals surface area contributed by atoms with E-state index in [0.717, 1.165) is 0 Å². The molecule has 5 nitrogen and oxygen atoms in total. The molecule has 0 aromatic heterocycles. The van der Waals surface area contributed by atoms with Gasteiger partial charge < -0.3 is 15.2 Å². The minimum Gasteiger partial charge on any atom is -0.481 e. The third kappa shape index (κ3) is 4.79. The van der Waals surface area contributed by atoms with Crippen LogP contribution in [0.4, 0.5) is 5.69 Å². The Bertz CT molecular complexity index is 476. The van der Waals surface area contributed by atoms with Gasteiger partial charge in [-0.2, -0.15) is 0 Å². The zero-order valence-electron chi connectivity index (χ0n) is 10.8. The summed E-state index contributed by atoms with van der Waals surface area (Å²) in [4.78, 5) is 21.9. The highest BCUT2D eigenvalue weighted by molar-refractivity contribution is 6.33. The highest BCUT2D eigenvalue weighted by atomic mass is 35.5. The lowest BCUT2D eigenvalue weighted by Crippen LogP contribution is -2.17. The van der Waals surface area contributed by atoms with Gasteiger partial charge in [-0.3, -0.25) is 4.79 Å². The van der Waals surface area contributed by atoms with Crippen LogP contribution in [0.2, 0.25) is 5.02 Å². The predicted molar refractivity (Wildman–Crippen MR) is 72.7 cm³/mol. The number of anilines is 1. The van der Waals surface area contributed by atoms with Gasteiger partial charge in [0.2, 0.25) is 0 Å². The first-order chi connectivity index (χ1) is 8.93. The lowest BCUT2D eigenvalue weighted by atomic mass is 10.1. The molecule has 1 unspecified atom stereocenters. The largest absolute Gasteiger partial charge is 0.481 e. The van der Waals surface area contributed by atoms with Gasteiger partial charge in [-0.25, -0.2) is 4.79 Å². The van der Waals surface area contributed by atoms with Crippen molar-refractivity contribution in [2.24, 2.45) is 0 Å². The summed E-state index contributed by atoms with van der Waals surface area (Å²) in [6.07, 6.45) is 0.538. The van der Waals surface area contributed by atoms with Crippen LogP contribution < -0.4 is 5.32 Å². The monoisotopic (exact) mass is 285 g/mol. The third-order valence-corrected chi connectivity index (χ3v) is 2.91. The maximum absolute atomic E-state index is 11.4. The number of nitrogens with one attached hydrogen (secondary N) is 1. The van der Waals surface area contributed by atoms with Crippen molar-refractivity contribution < 1.29 is 19.4 Å². The molecule has 0 aliphatic carbocycles. The van der Waals surface area contributed by atoms with E-state index in [1.54, 1.807) is 18.2 Å². The van der Waals surface area contributed by atoms with E-state index in [-0.39, 0.29) is 12.5 Å². The Balaban J connectivity index is 2.76. The fourth-order valence-corrected chi connectivity index (χ4v) is 1.73. The van der Waals surface area contributed by atoms with Gasteiger partial charge in [-0.15, -0.1) is 0 Å². The minimum atomic E-state index is -0.844. The van der Waals surface area contributed by atoms with Crippen LogP contribution in [0, 0.1) is 0 Å². The van der Waals surface area contributed by atoms with E-state index in [1.807, 2.05) is 6.92 Å². The number of benzene rings is 1. The van der Waals surface area contributed by atoms with E-state index in [4.69, 9.17) is 16.7 Å². The van der Waals surface area contributed by atoms with E-state index >= 15 is 0 Å². The van der Waals surface area contributed by atoms with Crippen molar-refractivity contribution in [3.05, 3.63) is 28.8 Å². The number of carbonyl (C=O) groups is 2. The summed E-state index contributed by atoms with van der Waals surface area (Å²) in [5, 5.41) is 12.2. The highest BCUT2D eigenvalue weighted by Crippen LogP contribution is 2.24. The molecule has 104 valence electrons. The Morgan fingerprint density at radius 2 is 2.16 bits per heavy atom. The van der Waals surface area contributed by atoms with E-state index in [0.29, 0.717) is 22.7 Å². The molecule has 0 amide bonds. The molecule has 1 atom stereocenters. The molecule has 0 saturated carbocycles. The fraction of sp³-hybridized carbons (Fsp3) is 0.385. The smallest absolute Gasteiger partial charge is 0.337 e. The zero-order chi connectivity index (χ0) is 14.4. The summed E-state index contributed by atoms with van der Waals surface area (Å²) >= 11 is 6.02. The second-order valence-electron chi connectivity index (χ2n) is 4.16. The predicted octanol–water partition coefficient (Wildman–Crippen LogP) is 2.79. The van der Waals surface area contributed by atoms with Crippen molar-refractivity contribution in [1.82, 2.24) is 0 Å². The number of hydrogen-bond acceptors (Lipinski definition) is 4. The molecule has 2 N–H and O–H groups in total. The molecule has 0 heterocycles. The maximum atomic E-state index is 11.4. The molecule has 0 aliphatic rings. The van der Waals surface area contributed by atoms with E-state index in [1.165, 1.54) is 7.11 Å². The normalized spacial score (nSPS) is 11.7. The van der Waals surface area contributed by atoms with E-state index in [9.17, 15) is 9.59 Å². The van der Waals surface area contributed by atoms with Gasteiger partial charge in [0.15, 0.2) is 0 Å². The van der Waals surface area contributed by atoms with Crippen LogP contribution in [0.3, 0.4) is 0 Å². The maximum Gasteiger partial charge on any atom is 0.337 e. The molecule has 19 heavy (non-hydrogen) atoms. The summed E-state index contributed by atoms with van der Waals surface area (Å²) in [5.74, 6) is -1.29. The number of rotatable bonds is 6. The Hall–Kier alpha value is -1.75. The molecule has 6 heteroatoms. The molecule has 0 saturated heterocycles. The van der Waals surface area contributed by atoms with Crippen LogP contribution in [-0.4, -0.2) is 30.2 Å². The van der Waals surface area contributed by atoms with Crippen molar-refractivity contribution >= 4 is 29.2 Å². The van der Waals surface area contributed by atoms with Gasteiger partial charge in [0.25, 0.3) is 0 Å². The number of carboxylic acid groups (broad SMARTS) is 1. The quantitative estimate of drug-likeness (QED) is 0.786. The minimum absolute atomic E-state index is 0.0681. The lowest BCUT2D eigenvalue weighted by Gasteiger charge is -2.16. The number of hydrogen-bond donors (Lipinski definition) is 2. The molecule has 0 spiro atoms. The van der Waals surface area contributed by atoms with E-state index in [2.05, 4.69) is 10.1 Å². The number of aliphatic carboxylic acids is 1. The van der Waals surface area contributed by atoms with Crippen molar-refractivity contribution in [3.63, 3.8) is 0 Å². The Labute approximate surface area is 116 Å². The first-order valence-electron chi connectivity index (χ1n) is 5.80. The van der Waals surface area contributed by atoms with E-state index < -0.39 is 11.9 Å². The standard InChI is InChI=1S/C13H16ClNO4/c1-8(3-6-12(16)17)15-11-7-9(13(18)19-2)4-5-10(11)14/h4-5,7-8,15H,3,6H2,1-2H3,(H,16,17). The summed E-state index contributed by atoms with van der Waals surface area (Å²) in [7, 11) is 1.31. The average molecular weight is 286 g/mol. The third-order valence-electron chi connectivity index (χ3n) is 2.58. The number of methoxy groups -OCH3 is 1. The summed E-state index contributed by atoms with van der Waals surface area (Å²) in [5.41, 5.74) is 0.974. The molecule has 1 rings (SSSR count). The molecular formula is C13H16ClNO4. The molecular weight excluding hydrogens is 270 g/mol. The summed E-state index contributed by atoms with van der Waals surface area (Å²) in [6.45, 7) is 1.85. The molecule has 0 fully saturated rings. The SMILES string of the molecule is COC(=O)c1ccc(Cl)c(NC(C)CCC(=O)O)c1. The molecule has 1 aromatic rings. The zero-order valence-corrected chi connectivity index (χ0v) is 11.5. The van der Waals surface area contributed by atoms with Gasteiger partial charge in [-0.1, -0.05) is 11.6 Å². The summed E-state index contributed by atoms with van der Waals surface area (Å²) in [6, 6.07) is 4.69. The Morgan fingerprint density at radius 3 is 2.74 bits per heavy atom. The average Bonchev–Trinajstić information content (AvgIpc) is 2.38. The van der Waals surface area contributed by atoms with Gasteiger partial charge in [0.1, 0.15) is 0 Å². The van der Waals surface area contributed by atoms with Crippen LogP contribution in [-0.2, 0) is 9.53 Å². The number of carbonyl (C=O) groups excluding carboxylic acids is 1. The topological polar surface area (TPSA) is 75.6 Å². The van der Waals surface area contributed by atoms with Crippen LogP contribution in [0.25, 0.3) is 0 Å². The van der Waals surface area contributed by atoms with Crippen LogP contribution in [0.5, 0.6) is 0 Å². The Kier molecular flexibility index (Phi) is 5.63. The number of ether oxygens (including phenoxy) is 1. The van der Waals surface area contributed by atoms with Gasteiger partial charge in [0, 0.05) is 12.5 Å². The van der Waals surface area contributed by atoms with Crippen molar-refractivity contribution in [2.75, 3.05) is 12.4 Å². The summed E-state index contributed by atoms with van der Waals surface area (Å²) < 4.78 is 4.63. The molecule has 0 bridgehead atoms. The van der Waals surface area contributed by atoms with Crippen LogP contribution >= 0.6 is 11.6 Å². The number of halogens is 1. The number of carboxylic acids is 1. The molecule has 1 aromatic carbocycles. The second kappa shape index (κ2) is 6.99. The van der Waals surface area contributed by atoms with Gasteiger partial charge in [0.05, 0.1) is 23.4 Å². The lowest BCUT2D eigenvalue weighted by molar-refractivity contribution is -0.137. The van der Waals surface area contributed by atoms with Crippen molar-refractivity contribution in [1.29, 1.82) is 0 Å². The first-order valence-corrected chi connectivity index (χ1v) is 6.18. The first kappa shape index (κ1) is 15.3. The van der Waals surface area contributed by atoms with Crippen molar-refractivity contribution in [2.45, 2.75) is 25.8 Å². The second-order valence-corrected chi connectivity index (χ2v) is 4.57. The number of esters is 1. The van der Waals surface area contributed by atoms with Gasteiger partial charge >= 0.3 is 11.9 Å². The van der Waals surface area contributed by atoms with Crippen LogP contribution in [0.15, 0.2) is 18.2 Å². The van der Waals surface area contributed by atoms with Gasteiger partial charge in [-0.05, 0) is 31.5 Å². The van der Waals surface area contributed by atoms with Crippen LogP contribution in [0.1, 0.15) is 30.1 Å². The highest BCUT2D eigenvalue weighted by Gasteiger charge is 2.11. The van der Waals surface area contributed by atoms with Crippen molar-refractivity contribution in [3.8, 4) is 0 Å².